The zero-order valence-electron chi connectivity index (χ0n) is 10.8. The molecule has 1 atom stereocenters. The Bertz CT molecular complexity index is 510. The maximum Gasteiger partial charge on any atom is 0.238 e. The Labute approximate surface area is 121 Å². The van der Waals surface area contributed by atoms with Gasteiger partial charge in [0, 0.05) is 25.8 Å². The molecule has 1 fully saturated rings. The number of halogens is 1. The Balaban J connectivity index is 1.96. The highest BCUT2D eigenvalue weighted by atomic mass is 35.5. The number of pyridine rings is 1. The van der Waals surface area contributed by atoms with Crippen LogP contribution < -0.4 is 16.4 Å². The molecule has 2 amide bonds. The summed E-state index contributed by atoms with van der Waals surface area (Å²) in [6, 6.07) is 2.87. The van der Waals surface area contributed by atoms with Gasteiger partial charge in [-0.15, -0.1) is 0 Å². The van der Waals surface area contributed by atoms with Gasteiger partial charge in [-0.05, 0) is 12.1 Å². The second kappa shape index (κ2) is 6.65. The minimum Gasteiger partial charge on any atom is -0.368 e. The molecule has 8 heteroatoms. The van der Waals surface area contributed by atoms with Gasteiger partial charge in [-0.2, -0.15) is 0 Å². The van der Waals surface area contributed by atoms with E-state index in [2.05, 4.69) is 15.6 Å². The van der Waals surface area contributed by atoms with Gasteiger partial charge in [-0.1, -0.05) is 11.6 Å². The van der Waals surface area contributed by atoms with E-state index < -0.39 is 11.9 Å². The fraction of sp³-hybridized carbons (Fsp3) is 0.417. The zero-order valence-corrected chi connectivity index (χ0v) is 11.6. The number of carbonyl (C=O) groups is 2. The van der Waals surface area contributed by atoms with Crippen LogP contribution in [-0.4, -0.2) is 53.9 Å². The van der Waals surface area contributed by atoms with E-state index in [9.17, 15) is 9.59 Å². The van der Waals surface area contributed by atoms with Crippen molar-refractivity contribution in [2.24, 2.45) is 5.73 Å². The normalized spacial score (nSPS) is 19.6. The minimum absolute atomic E-state index is 0.0838. The highest BCUT2D eigenvalue weighted by Gasteiger charge is 2.28. The summed E-state index contributed by atoms with van der Waals surface area (Å²) in [6.45, 7) is 1.84. The van der Waals surface area contributed by atoms with Crippen molar-refractivity contribution in [2.75, 3.05) is 31.5 Å². The lowest BCUT2D eigenvalue weighted by molar-refractivity contribution is -0.125. The molecule has 20 heavy (non-hydrogen) atoms. The van der Waals surface area contributed by atoms with Crippen LogP contribution in [0.4, 0.5) is 5.69 Å². The average Bonchev–Trinajstić information content (AvgIpc) is 2.41. The molecule has 2 heterocycles. The van der Waals surface area contributed by atoms with Gasteiger partial charge in [0.15, 0.2) is 5.15 Å². The molecule has 4 N–H and O–H groups in total. The molecule has 1 aliphatic heterocycles. The lowest BCUT2D eigenvalue weighted by Gasteiger charge is -2.33. The van der Waals surface area contributed by atoms with Crippen LogP contribution >= 0.6 is 11.6 Å². The van der Waals surface area contributed by atoms with E-state index in [0.717, 1.165) is 0 Å². The first-order chi connectivity index (χ1) is 9.58. The minimum atomic E-state index is -0.473. The Kier molecular flexibility index (Phi) is 4.89. The molecule has 0 radical (unpaired) electrons. The van der Waals surface area contributed by atoms with E-state index >= 15 is 0 Å². The fourth-order valence-corrected chi connectivity index (χ4v) is 2.24. The number of aromatic nitrogens is 1. The molecule has 1 aromatic rings. The number of primary amides is 1. The quantitative estimate of drug-likeness (QED) is 0.646. The third-order valence-corrected chi connectivity index (χ3v) is 3.36. The number of nitrogens with one attached hydrogen (secondary N) is 2. The predicted molar refractivity (Wildman–Crippen MR) is 75.3 cm³/mol. The monoisotopic (exact) mass is 297 g/mol. The van der Waals surface area contributed by atoms with E-state index in [0.29, 0.717) is 25.3 Å². The molecule has 1 aromatic heterocycles. The summed E-state index contributed by atoms with van der Waals surface area (Å²) in [5.41, 5.74) is 5.78. The average molecular weight is 298 g/mol. The molecule has 0 saturated carbocycles. The van der Waals surface area contributed by atoms with Crippen LogP contribution in [0.2, 0.25) is 5.15 Å². The Morgan fingerprint density at radius 2 is 2.40 bits per heavy atom. The third kappa shape index (κ3) is 3.66. The summed E-state index contributed by atoms with van der Waals surface area (Å²) < 4.78 is 0. The van der Waals surface area contributed by atoms with Gasteiger partial charge in [0.2, 0.25) is 11.8 Å². The Morgan fingerprint density at radius 1 is 1.60 bits per heavy atom. The van der Waals surface area contributed by atoms with Crippen LogP contribution in [0.25, 0.3) is 0 Å². The first-order valence-corrected chi connectivity index (χ1v) is 6.60. The topological polar surface area (TPSA) is 100 Å². The summed E-state index contributed by atoms with van der Waals surface area (Å²) in [5, 5.41) is 5.97. The van der Waals surface area contributed by atoms with Gasteiger partial charge in [-0.3, -0.25) is 14.5 Å². The van der Waals surface area contributed by atoms with Crippen molar-refractivity contribution in [3.63, 3.8) is 0 Å². The van der Waals surface area contributed by atoms with E-state index in [1.165, 1.54) is 6.20 Å². The lowest BCUT2D eigenvalue weighted by atomic mass is 10.2. The number of amides is 2. The van der Waals surface area contributed by atoms with E-state index in [-0.39, 0.29) is 17.6 Å². The van der Waals surface area contributed by atoms with Crippen molar-refractivity contribution in [1.82, 2.24) is 15.2 Å². The lowest BCUT2D eigenvalue weighted by Crippen LogP contribution is -2.58. The number of piperazine rings is 1. The second-order valence-electron chi connectivity index (χ2n) is 4.48. The summed E-state index contributed by atoms with van der Waals surface area (Å²) >= 11 is 5.87. The fourth-order valence-electron chi connectivity index (χ4n) is 2.07. The molecule has 0 bridgehead atoms. The number of nitrogens with zero attached hydrogens (tertiary/aromatic N) is 2. The maximum atomic E-state index is 12.0. The van der Waals surface area contributed by atoms with Gasteiger partial charge in [-0.25, -0.2) is 4.98 Å². The van der Waals surface area contributed by atoms with Gasteiger partial charge in [0.1, 0.15) is 6.04 Å². The van der Waals surface area contributed by atoms with Crippen LogP contribution in [0.5, 0.6) is 0 Å². The van der Waals surface area contributed by atoms with Crippen molar-refractivity contribution < 1.29 is 9.59 Å². The van der Waals surface area contributed by atoms with Crippen molar-refractivity contribution in [2.45, 2.75) is 6.04 Å². The first kappa shape index (κ1) is 14.7. The largest absolute Gasteiger partial charge is 0.368 e. The van der Waals surface area contributed by atoms with Gasteiger partial charge >= 0.3 is 0 Å². The maximum absolute atomic E-state index is 12.0. The molecule has 0 spiro atoms. The molecular formula is C12H16ClN5O2. The van der Waals surface area contributed by atoms with Crippen molar-refractivity contribution in [3.05, 3.63) is 23.5 Å². The Morgan fingerprint density at radius 3 is 3.10 bits per heavy atom. The highest BCUT2D eigenvalue weighted by Crippen LogP contribution is 2.17. The molecule has 0 aromatic carbocycles. The number of rotatable bonds is 4. The number of hydrogen-bond donors (Lipinski definition) is 3. The van der Waals surface area contributed by atoms with Crippen LogP contribution in [0.1, 0.15) is 0 Å². The van der Waals surface area contributed by atoms with Crippen LogP contribution in [0, 0.1) is 0 Å². The number of carbonyl (C=O) groups excluding carboxylic acids is 2. The first-order valence-electron chi connectivity index (χ1n) is 6.22. The summed E-state index contributed by atoms with van der Waals surface area (Å²) in [5.74, 6) is -0.697. The third-order valence-electron chi connectivity index (χ3n) is 3.06. The van der Waals surface area contributed by atoms with Crippen molar-refractivity contribution >= 4 is 29.1 Å². The smallest absolute Gasteiger partial charge is 0.238 e. The number of hydrogen-bond acceptors (Lipinski definition) is 5. The summed E-state index contributed by atoms with van der Waals surface area (Å²) in [4.78, 5) is 28.9. The molecule has 108 valence electrons. The van der Waals surface area contributed by atoms with Crippen LogP contribution in [-0.2, 0) is 9.59 Å². The molecule has 1 aliphatic rings. The van der Waals surface area contributed by atoms with Crippen LogP contribution in [0.3, 0.4) is 0 Å². The molecule has 7 nitrogen and oxygen atoms in total. The SMILES string of the molecule is NC(=O)C1CNCCN1CC(=O)Nc1cccnc1Cl. The van der Waals surface area contributed by atoms with Crippen LogP contribution in [0.15, 0.2) is 18.3 Å². The van der Waals surface area contributed by atoms with Gasteiger partial charge in [0.25, 0.3) is 0 Å². The highest BCUT2D eigenvalue weighted by molar-refractivity contribution is 6.32. The molecular weight excluding hydrogens is 282 g/mol. The van der Waals surface area contributed by atoms with E-state index in [4.69, 9.17) is 17.3 Å². The van der Waals surface area contributed by atoms with E-state index in [1.54, 1.807) is 17.0 Å². The molecule has 2 rings (SSSR count). The number of nitrogens with two attached hydrogens (primary N) is 1. The summed E-state index contributed by atoms with van der Waals surface area (Å²) in [6.07, 6.45) is 1.54. The molecule has 0 aliphatic carbocycles. The predicted octanol–water partition coefficient (Wildman–Crippen LogP) is -0.567. The van der Waals surface area contributed by atoms with Crippen molar-refractivity contribution in [3.8, 4) is 0 Å². The summed E-state index contributed by atoms with van der Waals surface area (Å²) in [7, 11) is 0. The van der Waals surface area contributed by atoms with Crippen molar-refractivity contribution in [1.29, 1.82) is 0 Å². The molecule has 1 saturated heterocycles. The second-order valence-corrected chi connectivity index (χ2v) is 4.84. The van der Waals surface area contributed by atoms with E-state index in [1.807, 2.05) is 0 Å². The molecule has 1 unspecified atom stereocenters. The number of anilines is 1. The zero-order chi connectivity index (χ0) is 14.5. The Hall–Kier alpha value is -1.70. The van der Waals surface area contributed by atoms with Gasteiger partial charge in [0.05, 0.1) is 12.2 Å². The standard InChI is InChI=1S/C12H16ClN5O2/c13-11-8(2-1-3-16-11)17-10(19)7-18-5-4-15-6-9(18)12(14)20/h1-3,9,15H,4-7H2,(H2,14,20)(H,17,19). The van der Waals surface area contributed by atoms with Gasteiger partial charge < -0.3 is 16.4 Å².